The van der Waals surface area contributed by atoms with Crippen LogP contribution in [-0.4, -0.2) is 43.9 Å². The predicted octanol–water partition coefficient (Wildman–Crippen LogP) is 3.10. The van der Waals surface area contributed by atoms with Gasteiger partial charge in [0.2, 0.25) is 0 Å². The van der Waals surface area contributed by atoms with Gasteiger partial charge in [0.25, 0.3) is 0 Å². The monoisotopic (exact) mass is 427 g/mol. The lowest BCUT2D eigenvalue weighted by Gasteiger charge is -2.31. The van der Waals surface area contributed by atoms with E-state index < -0.39 is 0 Å². The lowest BCUT2D eigenvalue weighted by atomic mass is 9.99. The van der Waals surface area contributed by atoms with Crippen LogP contribution < -0.4 is 15.5 Å². The smallest absolute Gasteiger partial charge is 0.154 e. The second kappa shape index (κ2) is 7.89. The number of aliphatic hydroxyl groups excluding tert-OH is 1. The van der Waals surface area contributed by atoms with Gasteiger partial charge in [-0.3, -0.25) is 0 Å². The van der Waals surface area contributed by atoms with Crippen molar-refractivity contribution in [2.75, 3.05) is 23.3 Å². The lowest BCUT2D eigenvalue weighted by Crippen LogP contribution is -2.35. The quantitative estimate of drug-likeness (QED) is 0.461. The molecule has 6 rings (SSSR count). The molecule has 0 spiro atoms. The molecule has 0 bridgehead atoms. The predicted molar refractivity (Wildman–Crippen MR) is 124 cm³/mol. The number of benzene rings is 1. The zero-order chi connectivity index (χ0) is 21.5. The molecule has 0 aliphatic carbocycles. The molecule has 3 aromatic heterocycles. The first kappa shape index (κ1) is 19.2. The highest BCUT2D eigenvalue weighted by molar-refractivity contribution is 5.75. The highest BCUT2D eigenvalue weighted by Gasteiger charge is 2.22. The highest BCUT2D eigenvalue weighted by atomic mass is 16.3. The molecule has 8 heteroatoms. The van der Waals surface area contributed by atoms with E-state index in [1.54, 1.807) is 6.20 Å². The Kier molecular flexibility index (Phi) is 4.74. The molecule has 0 saturated carbocycles. The maximum Gasteiger partial charge on any atom is 0.154 e. The zero-order valence-corrected chi connectivity index (χ0v) is 17.7. The van der Waals surface area contributed by atoms with Gasteiger partial charge < -0.3 is 20.6 Å². The van der Waals surface area contributed by atoms with Crippen LogP contribution >= 0.6 is 0 Å². The fourth-order valence-corrected chi connectivity index (χ4v) is 4.69. The van der Waals surface area contributed by atoms with Crippen LogP contribution in [0.1, 0.15) is 24.0 Å². The molecule has 1 saturated heterocycles. The summed E-state index contributed by atoms with van der Waals surface area (Å²) in [5, 5.41) is 21.2. The van der Waals surface area contributed by atoms with Gasteiger partial charge in [0.1, 0.15) is 5.82 Å². The molecule has 1 aromatic carbocycles. The van der Waals surface area contributed by atoms with Crippen molar-refractivity contribution in [2.24, 2.45) is 0 Å². The minimum atomic E-state index is -0.171. The van der Waals surface area contributed by atoms with E-state index >= 15 is 0 Å². The number of hydrogen-bond donors (Lipinski definition) is 3. The number of pyridine rings is 1. The van der Waals surface area contributed by atoms with Gasteiger partial charge in [-0.1, -0.05) is 6.07 Å². The van der Waals surface area contributed by atoms with E-state index in [9.17, 15) is 5.11 Å². The number of rotatable bonds is 4. The van der Waals surface area contributed by atoms with Gasteiger partial charge in [-0.2, -0.15) is 5.10 Å². The molecule has 0 radical (unpaired) electrons. The zero-order valence-electron chi connectivity index (χ0n) is 17.7. The third-order valence-corrected chi connectivity index (χ3v) is 6.43. The van der Waals surface area contributed by atoms with E-state index in [-0.39, 0.29) is 6.10 Å². The molecule has 0 atom stereocenters. The molecule has 162 valence electrons. The minimum Gasteiger partial charge on any atom is -0.393 e. The van der Waals surface area contributed by atoms with Crippen LogP contribution in [-0.2, 0) is 13.1 Å². The van der Waals surface area contributed by atoms with Crippen molar-refractivity contribution >= 4 is 22.8 Å². The van der Waals surface area contributed by atoms with Crippen molar-refractivity contribution in [1.29, 1.82) is 0 Å². The Morgan fingerprint density at radius 2 is 1.84 bits per heavy atom. The molecule has 5 heterocycles. The number of nitrogens with zero attached hydrogens (tertiary/aromatic N) is 5. The number of aliphatic hydroxyl groups is 1. The molecule has 4 aromatic rings. The molecule has 1 fully saturated rings. The van der Waals surface area contributed by atoms with Gasteiger partial charge in [0, 0.05) is 43.6 Å². The molecular weight excluding hydrogens is 402 g/mol. The molecule has 0 amide bonds. The third kappa shape index (κ3) is 3.37. The van der Waals surface area contributed by atoms with Crippen LogP contribution in [0.25, 0.3) is 16.9 Å². The second-order valence-electron chi connectivity index (χ2n) is 8.40. The van der Waals surface area contributed by atoms with Crippen molar-refractivity contribution < 1.29 is 5.11 Å². The summed E-state index contributed by atoms with van der Waals surface area (Å²) in [5.41, 5.74) is 7.69. The summed E-state index contributed by atoms with van der Waals surface area (Å²) in [6.45, 7) is 3.36. The fourth-order valence-electron chi connectivity index (χ4n) is 4.69. The Bertz CT molecular complexity index is 1260. The first-order valence-electron chi connectivity index (χ1n) is 11.1. The third-order valence-electron chi connectivity index (χ3n) is 6.43. The molecule has 3 N–H and O–H groups in total. The van der Waals surface area contributed by atoms with E-state index in [0.717, 1.165) is 73.1 Å². The van der Waals surface area contributed by atoms with Crippen LogP contribution in [0.5, 0.6) is 0 Å². The van der Waals surface area contributed by atoms with E-state index in [4.69, 9.17) is 0 Å². The number of fused-ring (bicyclic) bond motifs is 2. The number of nitrogens with one attached hydrogen (secondary N) is 2. The van der Waals surface area contributed by atoms with Crippen LogP contribution in [0.15, 0.2) is 55.0 Å². The molecular formula is C24H25N7O. The highest BCUT2D eigenvalue weighted by Crippen LogP contribution is 2.35. The molecule has 32 heavy (non-hydrogen) atoms. The summed E-state index contributed by atoms with van der Waals surface area (Å²) in [4.78, 5) is 11.4. The molecule has 2 aliphatic rings. The number of piperidine rings is 1. The van der Waals surface area contributed by atoms with E-state index in [1.807, 2.05) is 35.1 Å². The molecule has 2 aliphatic heterocycles. The van der Waals surface area contributed by atoms with Gasteiger partial charge >= 0.3 is 0 Å². The molecule has 8 nitrogen and oxygen atoms in total. The number of imidazole rings is 1. The van der Waals surface area contributed by atoms with Gasteiger partial charge in [-0.25, -0.2) is 14.5 Å². The fraction of sp³-hybridized carbons (Fsp3) is 0.292. The summed E-state index contributed by atoms with van der Waals surface area (Å²) < 4.78 is 1.89. The average Bonchev–Trinajstić information content (AvgIpc) is 3.49. The number of anilines is 3. The Balaban J connectivity index is 1.27. The van der Waals surface area contributed by atoms with E-state index in [1.165, 1.54) is 11.1 Å². The standard InChI is InChI=1S/C24H25N7O/c32-17-7-10-30(11-8-17)16-3-6-23(26-12-16)29-21-5-4-18(19-13-25-14-20(19)21)22-15-27-24-2-1-9-28-31(22)24/h1-6,9,12,15,17,25,32H,7-8,10-11,13-14H2,(H,26,29). The van der Waals surface area contributed by atoms with Crippen LogP contribution in [0.4, 0.5) is 17.2 Å². The summed E-state index contributed by atoms with van der Waals surface area (Å²) in [6, 6.07) is 12.2. The van der Waals surface area contributed by atoms with Gasteiger partial charge in [-0.05, 0) is 54.3 Å². The van der Waals surface area contributed by atoms with Crippen molar-refractivity contribution in [2.45, 2.75) is 32.0 Å². The second-order valence-corrected chi connectivity index (χ2v) is 8.40. The number of hydrogen-bond acceptors (Lipinski definition) is 7. The summed E-state index contributed by atoms with van der Waals surface area (Å²) >= 11 is 0. The van der Waals surface area contributed by atoms with Gasteiger partial charge in [0.05, 0.1) is 29.9 Å². The largest absolute Gasteiger partial charge is 0.393 e. The maximum atomic E-state index is 9.73. The maximum absolute atomic E-state index is 9.73. The van der Waals surface area contributed by atoms with Crippen molar-refractivity contribution in [3.8, 4) is 11.3 Å². The van der Waals surface area contributed by atoms with Crippen molar-refractivity contribution in [1.82, 2.24) is 24.9 Å². The Labute approximate surface area is 185 Å². The summed E-state index contributed by atoms with van der Waals surface area (Å²) in [7, 11) is 0. The Hall–Kier alpha value is -3.49. The van der Waals surface area contributed by atoms with Gasteiger partial charge in [0.15, 0.2) is 5.65 Å². The summed E-state index contributed by atoms with van der Waals surface area (Å²) in [5.74, 6) is 0.823. The number of aromatic nitrogens is 4. The van der Waals surface area contributed by atoms with Crippen LogP contribution in [0.2, 0.25) is 0 Å². The lowest BCUT2D eigenvalue weighted by molar-refractivity contribution is 0.145. The SMILES string of the molecule is OC1CCN(c2ccc(Nc3ccc(-c4cnc5cccnn45)c4c3CNC4)nc2)CC1. The van der Waals surface area contributed by atoms with Crippen molar-refractivity contribution in [3.63, 3.8) is 0 Å². The van der Waals surface area contributed by atoms with E-state index in [2.05, 4.69) is 48.8 Å². The first-order valence-corrected chi connectivity index (χ1v) is 11.1. The van der Waals surface area contributed by atoms with E-state index in [0.29, 0.717) is 0 Å². The van der Waals surface area contributed by atoms with Crippen LogP contribution in [0.3, 0.4) is 0 Å². The topological polar surface area (TPSA) is 90.6 Å². The first-order chi connectivity index (χ1) is 15.8. The van der Waals surface area contributed by atoms with Gasteiger partial charge in [-0.15, -0.1) is 0 Å². The van der Waals surface area contributed by atoms with Crippen molar-refractivity contribution in [3.05, 3.63) is 66.1 Å². The Morgan fingerprint density at radius 3 is 2.69 bits per heavy atom. The average molecular weight is 428 g/mol. The van der Waals surface area contributed by atoms with Crippen LogP contribution in [0, 0.1) is 0 Å². The normalized spacial score (nSPS) is 16.5. The minimum absolute atomic E-state index is 0.171. The molecule has 0 unspecified atom stereocenters. The Morgan fingerprint density at radius 1 is 0.969 bits per heavy atom. The summed E-state index contributed by atoms with van der Waals surface area (Å²) in [6.07, 6.45) is 7.05.